The van der Waals surface area contributed by atoms with Crippen molar-refractivity contribution in [3.05, 3.63) is 51.5 Å². The van der Waals surface area contributed by atoms with Gasteiger partial charge in [-0.25, -0.2) is 4.39 Å². The molecule has 2 atom stereocenters. The summed E-state index contributed by atoms with van der Waals surface area (Å²) in [6, 6.07) is 5.91. The van der Waals surface area contributed by atoms with Crippen molar-refractivity contribution in [1.29, 1.82) is 0 Å². The maximum absolute atomic E-state index is 13.3. The van der Waals surface area contributed by atoms with E-state index in [0.29, 0.717) is 47.0 Å². The Bertz CT molecular complexity index is 924. The Morgan fingerprint density at radius 1 is 1.19 bits per heavy atom. The molecule has 1 N–H and O–H groups in total. The van der Waals surface area contributed by atoms with E-state index in [2.05, 4.69) is 5.32 Å². The van der Waals surface area contributed by atoms with Crippen molar-refractivity contribution in [2.24, 2.45) is 18.9 Å². The van der Waals surface area contributed by atoms with E-state index >= 15 is 0 Å². The van der Waals surface area contributed by atoms with Gasteiger partial charge < -0.3 is 9.88 Å². The first kappa shape index (κ1) is 18.5. The highest BCUT2D eigenvalue weighted by Gasteiger charge is 2.42. The van der Waals surface area contributed by atoms with Gasteiger partial charge in [-0.3, -0.25) is 9.59 Å². The average Bonchev–Trinajstić information content (AvgIpc) is 3.22. The minimum atomic E-state index is -0.538. The average molecular weight is 409 g/mol. The number of benzene rings is 1. The first-order valence-electron chi connectivity index (χ1n) is 8.96. The molecule has 1 aromatic carbocycles. The molecule has 27 heavy (non-hydrogen) atoms. The van der Waals surface area contributed by atoms with Gasteiger partial charge in [0.25, 0.3) is 5.91 Å². The van der Waals surface area contributed by atoms with Crippen molar-refractivity contribution in [1.82, 2.24) is 4.57 Å². The van der Waals surface area contributed by atoms with Crippen LogP contribution in [0.3, 0.4) is 0 Å². The van der Waals surface area contributed by atoms with Crippen LogP contribution < -0.4 is 5.32 Å². The minimum Gasteiger partial charge on any atom is -0.331 e. The fourth-order valence-corrected chi connectivity index (χ4v) is 4.97. The van der Waals surface area contributed by atoms with Crippen LogP contribution >= 0.6 is 23.2 Å². The largest absolute Gasteiger partial charge is 0.331 e. The van der Waals surface area contributed by atoms with E-state index in [1.54, 1.807) is 11.6 Å². The predicted molar refractivity (Wildman–Crippen MR) is 103 cm³/mol. The molecule has 2 fully saturated rings. The van der Waals surface area contributed by atoms with Crippen LogP contribution in [0.4, 0.5) is 10.1 Å². The Morgan fingerprint density at radius 3 is 2.48 bits per heavy atom. The molecule has 7 heteroatoms. The van der Waals surface area contributed by atoms with Gasteiger partial charge in [-0.05, 0) is 60.4 Å². The van der Waals surface area contributed by atoms with E-state index in [0.717, 1.165) is 18.4 Å². The van der Waals surface area contributed by atoms with Gasteiger partial charge in [-0.15, -0.1) is 0 Å². The van der Waals surface area contributed by atoms with Gasteiger partial charge >= 0.3 is 0 Å². The van der Waals surface area contributed by atoms with Crippen LogP contribution in [0.1, 0.15) is 47.7 Å². The monoisotopic (exact) mass is 408 g/mol. The summed E-state index contributed by atoms with van der Waals surface area (Å²) in [7, 11) is 1.75. The molecular weight excluding hydrogens is 390 g/mol. The maximum atomic E-state index is 13.3. The van der Waals surface area contributed by atoms with Gasteiger partial charge in [-0.1, -0.05) is 23.2 Å². The normalized spacial score (nSPS) is 24.3. The molecule has 1 aromatic heterocycles. The topological polar surface area (TPSA) is 51.1 Å². The van der Waals surface area contributed by atoms with Crippen LogP contribution in [0.25, 0.3) is 0 Å². The molecule has 0 aliphatic heterocycles. The summed E-state index contributed by atoms with van der Waals surface area (Å²) in [4.78, 5) is 24.6. The van der Waals surface area contributed by atoms with E-state index in [4.69, 9.17) is 23.2 Å². The van der Waals surface area contributed by atoms with Crippen molar-refractivity contribution in [3.8, 4) is 0 Å². The summed E-state index contributed by atoms with van der Waals surface area (Å²) in [5.41, 5.74) is 1.83. The van der Waals surface area contributed by atoms with Crippen LogP contribution in [0.15, 0.2) is 24.3 Å². The third kappa shape index (κ3) is 3.39. The molecule has 2 aromatic rings. The molecule has 2 aliphatic carbocycles. The number of carbonyl (C=O) groups excluding carboxylic acids is 2. The van der Waals surface area contributed by atoms with E-state index in [-0.39, 0.29) is 16.8 Å². The molecule has 1 heterocycles. The number of aromatic nitrogens is 1. The molecule has 1 amide bonds. The number of nitrogens with zero attached hydrogens (tertiary/aromatic N) is 1. The molecule has 4 rings (SSSR count). The Balaban J connectivity index is 1.60. The highest BCUT2D eigenvalue weighted by atomic mass is 35.5. The van der Waals surface area contributed by atoms with Gasteiger partial charge in [0.2, 0.25) is 0 Å². The molecule has 2 unspecified atom stereocenters. The fourth-order valence-electron chi connectivity index (χ4n) is 4.59. The quantitative estimate of drug-likeness (QED) is 0.758. The number of ketones is 1. The molecule has 0 saturated heterocycles. The van der Waals surface area contributed by atoms with Crippen LogP contribution in [-0.4, -0.2) is 16.3 Å². The lowest BCUT2D eigenvalue weighted by molar-refractivity contribution is -0.117. The molecular formula is C20H19Cl2FN2O2. The molecule has 2 saturated carbocycles. The van der Waals surface area contributed by atoms with Gasteiger partial charge in [0.05, 0.1) is 5.02 Å². The molecule has 142 valence electrons. The summed E-state index contributed by atoms with van der Waals surface area (Å²) in [6.45, 7) is 0. The predicted octanol–water partition coefficient (Wildman–Crippen LogP) is 5.20. The summed E-state index contributed by atoms with van der Waals surface area (Å²) in [5.74, 6) is 0.533. The summed E-state index contributed by atoms with van der Waals surface area (Å²) in [6.07, 6.45) is 3.10. The molecule has 2 aliphatic rings. The molecule has 0 spiro atoms. The van der Waals surface area contributed by atoms with Crippen molar-refractivity contribution in [3.63, 3.8) is 0 Å². The minimum absolute atomic E-state index is 0.0498. The van der Waals surface area contributed by atoms with Crippen molar-refractivity contribution in [2.45, 2.75) is 31.6 Å². The first-order chi connectivity index (χ1) is 12.8. The lowest BCUT2D eigenvalue weighted by atomic mass is 9.94. The molecule has 0 bridgehead atoms. The lowest BCUT2D eigenvalue weighted by Gasteiger charge is -2.14. The second-order valence-electron chi connectivity index (χ2n) is 7.55. The first-order valence-corrected chi connectivity index (χ1v) is 9.72. The number of amides is 1. The zero-order chi connectivity index (χ0) is 19.3. The molecule has 0 radical (unpaired) electrons. The van der Waals surface area contributed by atoms with Crippen LogP contribution in [-0.2, 0) is 11.8 Å². The maximum Gasteiger partial charge on any atom is 0.272 e. The highest BCUT2D eigenvalue weighted by molar-refractivity contribution is 6.31. The van der Waals surface area contributed by atoms with E-state index in [1.165, 1.54) is 18.2 Å². The highest BCUT2D eigenvalue weighted by Crippen LogP contribution is 2.50. The third-order valence-corrected chi connectivity index (χ3v) is 6.51. The fraction of sp³-hybridized carbons (Fsp3) is 0.400. The summed E-state index contributed by atoms with van der Waals surface area (Å²) < 4.78 is 15.0. The third-order valence-electron chi connectivity index (χ3n) is 5.86. The number of Topliss-reactive ketones (excluding diaryl/α,β-unsaturated/α-hetero) is 1. The smallest absolute Gasteiger partial charge is 0.272 e. The second-order valence-corrected chi connectivity index (χ2v) is 8.34. The van der Waals surface area contributed by atoms with Gasteiger partial charge in [0.1, 0.15) is 22.4 Å². The number of carbonyl (C=O) groups is 2. The number of nitrogens with one attached hydrogen (secondary N) is 1. The van der Waals surface area contributed by atoms with Gasteiger partial charge in [0.15, 0.2) is 0 Å². The van der Waals surface area contributed by atoms with E-state index in [9.17, 15) is 14.0 Å². The number of anilines is 1. The second kappa shape index (κ2) is 6.95. The molecule has 4 nitrogen and oxygen atoms in total. The van der Waals surface area contributed by atoms with Gasteiger partial charge in [-0.2, -0.15) is 0 Å². The number of hydrogen-bond donors (Lipinski definition) is 1. The van der Waals surface area contributed by atoms with Crippen molar-refractivity contribution >= 4 is 40.6 Å². The Morgan fingerprint density at radius 2 is 1.85 bits per heavy atom. The van der Waals surface area contributed by atoms with Gasteiger partial charge in [0, 0.05) is 25.6 Å². The SMILES string of the molecule is Cn1c(Cl)cc(C2CC3CC(=O)CC3C2)c1C(=O)Nc1ccc(F)c(Cl)c1. The summed E-state index contributed by atoms with van der Waals surface area (Å²) in [5, 5.41) is 3.21. The number of halogens is 3. The zero-order valence-corrected chi connectivity index (χ0v) is 16.3. The number of rotatable bonds is 3. The standard InChI is InChI=1S/C20H19Cl2FN2O2/c1-25-18(22)9-15(12-4-10-6-14(26)7-11(10)5-12)19(25)20(27)24-13-2-3-17(23)16(21)8-13/h2-3,8-12H,4-7H2,1H3,(H,24,27). The zero-order valence-electron chi connectivity index (χ0n) is 14.8. The Labute approximate surface area is 166 Å². The number of fused-ring (bicyclic) bond motifs is 1. The lowest BCUT2D eigenvalue weighted by Crippen LogP contribution is -2.18. The van der Waals surface area contributed by atoms with Crippen LogP contribution in [0.5, 0.6) is 0 Å². The van der Waals surface area contributed by atoms with Crippen LogP contribution in [0, 0.1) is 17.7 Å². The van der Waals surface area contributed by atoms with E-state index in [1.807, 2.05) is 6.07 Å². The van der Waals surface area contributed by atoms with Crippen LogP contribution in [0.2, 0.25) is 10.2 Å². The summed E-state index contributed by atoms with van der Waals surface area (Å²) >= 11 is 12.1. The van der Waals surface area contributed by atoms with Crippen molar-refractivity contribution in [2.75, 3.05) is 5.32 Å². The van der Waals surface area contributed by atoms with Crippen molar-refractivity contribution < 1.29 is 14.0 Å². The Kier molecular flexibility index (Phi) is 4.77. The Hall–Kier alpha value is -1.85. The number of hydrogen-bond acceptors (Lipinski definition) is 2. The van der Waals surface area contributed by atoms with E-state index < -0.39 is 5.82 Å².